The molecular weight excluding hydrogens is 354 g/mol. The van der Waals surface area contributed by atoms with Gasteiger partial charge in [-0.25, -0.2) is 17.5 Å². The van der Waals surface area contributed by atoms with Crippen molar-refractivity contribution in [3.8, 4) is 0 Å². The fourth-order valence-corrected chi connectivity index (χ4v) is 4.78. The number of nitrogens with one attached hydrogen (secondary N) is 2. The number of amides is 2. The Labute approximate surface area is 155 Å². The third-order valence-corrected chi connectivity index (χ3v) is 6.64. The van der Waals surface area contributed by atoms with Crippen molar-refractivity contribution in [3.63, 3.8) is 0 Å². The van der Waals surface area contributed by atoms with Crippen LogP contribution in [0.25, 0.3) is 0 Å². The highest BCUT2D eigenvalue weighted by Crippen LogP contribution is 2.23. The molecule has 1 aromatic rings. The van der Waals surface area contributed by atoms with E-state index in [0.717, 1.165) is 31.4 Å². The van der Waals surface area contributed by atoms with Gasteiger partial charge < -0.3 is 10.2 Å². The minimum absolute atomic E-state index is 0.144. The summed E-state index contributed by atoms with van der Waals surface area (Å²) >= 11 is 0. The Balaban J connectivity index is 1.49. The van der Waals surface area contributed by atoms with Crippen molar-refractivity contribution in [2.45, 2.75) is 45.1 Å². The van der Waals surface area contributed by atoms with Crippen molar-refractivity contribution in [1.29, 1.82) is 0 Å². The maximum atomic E-state index is 12.4. The lowest BCUT2D eigenvalue weighted by atomic mass is 9.96. The molecule has 0 saturated carbocycles. The molecule has 3 rings (SSSR count). The first-order valence-corrected chi connectivity index (χ1v) is 11.2. The van der Waals surface area contributed by atoms with Crippen LogP contribution in [0.15, 0.2) is 0 Å². The van der Waals surface area contributed by atoms with E-state index >= 15 is 0 Å². The molecule has 9 heteroatoms. The largest absolute Gasteiger partial charge is 0.338 e. The maximum absolute atomic E-state index is 12.4. The van der Waals surface area contributed by atoms with Gasteiger partial charge in [0.2, 0.25) is 10.0 Å². The average Bonchev–Trinajstić information content (AvgIpc) is 3.02. The van der Waals surface area contributed by atoms with Crippen LogP contribution in [0.4, 0.5) is 4.79 Å². The van der Waals surface area contributed by atoms with Gasteiger partial charge in [-0.1, -0.05) is 0 Å². The van der Waals surface area contributed by atoms with Crippen molar-refractivity contribution >= 4 is 16.1 Å². The second-order valence-corrected chi connectivity index (χ2v) is 9.49. The normalized spacial score (nSPS) is 21.2. The third-order valence-electron chi connectivity index (χ3n) is 5.37. The van der Waals surface area contributed by atoms with Gasteiger partial charge in [0.05, 0.1) is 18.5 Å². The second-order valence-electron chi connectivity index (χ2n) is 7.51. The summed E-state index contributed by atoms with van der Waals surface area (Å²) in [6, 6.07) is -0.144. The summed E-state index contributed by atoms with van der Waals surface area (Å²) in [5.41, 5.74) is 3.44. The molecular formula is C17H29N5O3S. The average molecular weight is 384 g/mol. The maximum Gasteiger partial charge on any atom is 0.317 e. The zero-order chi connectivity index (χ0) is 18.7. The molecule has 1 atom stereocenters. The van der Waals surface area contributed by atoms with Crippen molar-refractivity contribution in [2.75, 3.05) is 32.9 Å². The molecule has 26 heavy (non-hydrogen) atoms. The van der Waals surface area contributed by atoms with Gasteiger partial charge in [-0.05, 0) is 50.0 Å². The highest BCUT2D eigenvalue weighted by Gasteiger charge is 2.26. The zero-order valence-corrected chi connectivity index (χ0v) is 16.4. The Morgan fingerprint density at radius 3 is 2.88 bits per heavy atom. The van der Waals surface area contributed by atoms with E-state index in [9.17, 15) is 13.2 Å². The summed E-state index contributed by atoms with van der Waals surface area (Å²) in [6.07, 6.45) is 7.44. The van der Waals surface area contributed by atoms with Crippen LogP contribution in [0.1, 0.15) is 42.6 Å². The topological polar surface area (TPSA) is 98.4 Å². The molecule has 0 spiro atoms. The summed E-state index contributed by atoms with van der Waals surface area (Å²) in [4.78, 5) is 14.0. The van der Waals surface area contributed by atoms with E-state index in [4.69, 9.17) is 0 Å². The lowest BCUT2D eigenvalue weighted by molar-refractivity contribution is 0.199. The van der Waals surface area contributed by atoms with Crippen LogP contribution in [-0.4, -0.2) is 66.8 Å². The molecule has 0 unspecified atom stereocenters. The predicted molar refractivity (Wildman–Crippen MR) is 99.2 cm³/mol. The van der Waals surface area contributed by atoms with Crippen LogP contribution < -0.4 is 5.32 Å². The van der Waals surface area contributed by atoms with Crippen molar-refractivity contribution in [2.24, 2.45) is 5.92 Å². The molecule has 2 aliphatic rings. The van der Waals surface area contributed by atoms with Gasteiger partial charge in [-0.3, -0.25) is 5.10 Å². The Kier molecular flexibility index (Phi) is 5.86. The van der Waals surface area contributed by atoms with E-state index in [-0.39, 0.29) is 11.9 Å². The molecule has 2 amide bonds. The van der Waals surface area contributed by atoms with Gasteiger partial charge in [-0.2, -0.15) is 5.10 Å². The highest BCUT2D eigenvalue weighted by atomic mass is 32.2. The summed E-state index contributed by atoms with van der Waals surface area (Å²) in [5, 5.41) is 10.4. The van der Waals surface area contributed by atoms with Crippen LogP contribution in [0.3, 0.4) is 0 Å². The van der Waals surface area contributed by atoms with Crippen molar-refractivity contribution in [3.05, 3.63) is 17.0 Å². The third kappa shape index (κ3) is 4.56. The molecule has 1 saturated heterocycles. The Morgan fingerprint density at radius 2 is 2.12 bits per heavy atom. The molecule has 8 nitrogen and oxygen atoms in total. The number of piperidine rings is 1. The number of aromatic nitrogens is 2. The van der Waals surface area contributed by atoms with Crippen LogP contribution in [-0.2, 0) is 29.4 Å². The molecule has 2 N–H and O–H groups in total. The molecule has 0 aromatic carbocycles. The zero-order valence-electron chi connectivity index (χ0n) is 15.6. The van der Waals surface area contributed by atoms with Gasteiger partial charge in [0.15, 0.2) is 0 Å². The van der Waals surface area contributed by atoms with E-state index in [1.54, 1.807) is 11.9 Å². The molecule has 0 bridgehead atoms. The first-order chi connectivity index (χ1) is 12.3. The minimum Gasteiger partial charge on any atom is -0.338 e. The number of fused-ring (bicyclic) bond motifs is 1. The van der Waals surface area contributed by atoms with Crippen molar-refractivity contribution < 1.29 is 13.2 Å². The predicted octanol–water partition coefficient (Wildman–Crippen LogP) is 1.10. The van der Waals surface area contributed by atoms with Crippen LogP contribution >= 0.6 is 0 Å². The molecule has 1 aliphatic heterocycles. The standard InChI is InChI=1S/C17H29N5O3S/c1-21(12-16-14-7-3-4-8-15(14)19-20-16)17(23)18-10-13-6-5-9-22(11-13)26(2,24)25/h13H,3-12H2,1-2H3,(H,18,23)(H,19,20)/t13-/m0/s1. The van der Waals surface area contributed by atoms with E-state index in [1.165, 1.54) is 34.7 Å². The van der Waals surface area contributed by atoms with E-state index in [1.807, 2.05) is 0 Å². The minimum atomic E-state index is -3.16. The quantitative estimate of drug-likeness (QED) is 0.795. The molecule has 146 valence electrons. The Morgan fingerprint density at radius 1 is 1.35 bits per heavy atom. The van der Waals surface area contributed by atoms with E-state index in [2.05, 4.69) is 15.5 Å². The number of hydrogen-bond donors (Lipinski definition) is 2. The lowest BCUT2D eigenvalue weighted by Gasteiger charge is -2.31. The number of aryl methyl sites for hydroxylation is 1. The number of H-pyrrole nitrogens is 1. The van der Waals surface area contributed by atoms with E-state index < -0.39 is 10.0 Å². The lowest BCUT2D eigenvalue weighted by Crippen LogP contribution is -2.45. The van der Waals surface area contributed by atoms with Crippen LogP contribution in [0, 0.1) is 5.92 Å². The number of aromatic amines is 1. The second kappa shape index (κ2) is 7.96. The summed E-state index contributed by atoms with van der Waals surface area (Å²) < 4.78 is 24.9. The molecule has 1 aliphatic carbocycles. The first-order valence-electron chi connectivity index (χ1n) is 9.33. The van der Waals surface area contributed by atoms with Gasteiger partial charge >= 0.3 is 6.03 Å². The number of carbonyl (C=O) groups is 1. The highest BCUT2D eigenvalue weighted by molar-refractivity contribution is 7.88. The molecule has 1 fully saturated rings. The summed E-state index contributed by atoms with van der Waals surface area (Å²) in [6.45, 7) is 2.04. The summed E-state index contributed by atoms with van der Waals surface area (Å²) in [7, 11) is -1.39. The van der Waals surface area contributed by atoms with Crippen molar-refractivity contribution in [1.82, 2.24) is 24.7 Å². The number of urea groups is 1. The SMILES string of the molecule is CN(Cc1n[nH]c2c1CCCC2)C(=O)NC[C@@H]1CCCN(S(C)(=O)=O)C1. The van der Waals surface area contributed by atoms with Gasteiger partial charge in [0.25, 0.3) is 0 Å². The fourth-order valence-electron chi connectivity index (χ4n) is 3.84. The number of nitrogens with zero attached hydrogens (tertiary/aromatic N) is 3. The fraction of sp³-hybridized carbons (Fsp3) is 0.765. The monoisotopic (exact) mass is 383 g/mol. The number of rotatable bonds is 5. The van der Waals surface area contributed by atoms with Gasteiger partial charge in [0.1, 0.15) is 0 Å². The summed E-state index contributed by atoms with van der Waals surface area (Å²) in [5.74, 6) is 0.161. The number of sulfonamides is 1. The Bertz CT molecular complexity index is 746. The van der Waals surface area contributed by atoms with Gasteiger partial charge in [-0.15, -0.1) is 0 Å². The van der Waals surface area contributed by atoms with Crippen LogP contribution in [0.5, 0.6) is 0 Å². The molecule has 1 aromatic heterocycles. The molecule has 2 heterocycles. The van der Waals surface area contributed by atoms with Crippen LogP contribution in [0.2, 0.25) is 0 Å². The van der Waals surface area contributed by atoms with Gasteiger partial charge in [0, 0.05) is 32.4 Å². The van der Waals surface area contributed by atoms with E-state index in [0.29, 0.717) is 26.2 Å². The molecule has 0 radical (unpaired) electrons. The Hall–Kier alpha value is -1.61. The number of hydrogen-bond acceptors (Lipinski definition) is 4. The first kappa shape index (κ1) is 19.2. The smallest absolute Gasteiger partial charge is 0.317 e. The number of carbonyl (C=O) groups excluding carboxylic acids is 1.